The van der Waals surface area contributed by atoms with E-state index < -0.39 is 5.60 Å². The summed E-state index contributed by atoms with van der Waals surface area (Å²) < 4.78 is 11.2. The molecule has 1 aromatic rings. The van der Waals surface area contributed by atoms with E-state index in [0.717, 1.165) is 62.3 Å². The SMILES string of the molecule is CC1CC=CC2=C1SCc1c(C(=O)N3CCOCC3)nn(N3CCCN(C4CCCN(C(=O)OC(C)(C)C)C4)C3)c12. The Morgan fingerprint density at radius 1 is 1.07 bits per heavy atom. The van der Waals surface area contributed by atoms with Crippen molar-refractivity contribution in [3.05, 3.63) is 34.0 Å². The maximum Gasteiger partial charge on any atom is 0.410 e. The van der Waals surface area contributed by atoms with Crippen molar-refractivity contribution in [2.45, 2.75) is 70.8 Å². The molecule has 1 aromatic heterocycles. The molecule has 1 aliphatic carbocycles. The van der Waals surface area contributed by atoms with Crippen molar-refractivity contribution in [2.24, 2.45) is 5.92 Å². The Kier molecular flexibility index (Phi) is 8.13. The number of likely N-dealkylation sites (tertiary alicyclic amines) is 1. The number of ether oxygens (including phenoxy) is 2. The summed E-state index contributed by atoms with van der Waals surface area (Å²) in [5, 5.41) is 7.39. The standard InChI is InChI=1S/C30H44N6O4S/c1-21-8-5-10-23-26-24(19-41-27(21)23)25(28(37)32-14-16-39-17-15-32)31-36(26)35-13-7-12-34(20-35)22-9-6-11-33(18-22)29(38)40-30(2,3)4/h5,10,21-22H,6-9,11-20H2,1-4H3. The summed E-state index contributed by atoms with van der Waals surface area (Å²) in [6, 6.07) is 0.264. The number of rotatable bonds is 3. The monoisotopic (exact) mass is 584 g/mol. The number of thioether (sulfide) groups is 1. The van der Waals surface area contributed by atoms with Crippen LogP contribution in [-0.2, 0) is 15.2 Å². The normalized spacial score (nSPS) is 25.7. The van der Waals surface area contributed by atoms with Crippen LogP contribution in [0, 0.1) is 5.92 Å². The molecule has 11 heteroatoms. The lowest BCUT2D eigenvalue weighted by atomic mass is 9.93. The van der Waals surface area contributed by atoms with Gasteiger partial charge in [0.05, 0.1) is 25.6 Å². The molecule has 3 saturated heterocycles. The van der Waals surface area contributed by atoms with Gasteiger partial charge in [0.15, 0.2) is 5.69 Å². The first kappa shape index (κ1) is 28.6. The Bertz CT molecular complexity index is 1230. The predicted molar refractivity (Wildman–Crippen MR) is 160 cm³/mol. The molecule has 41 heavy (non-hydrogen) atoms. The van der Waals surface area contributed by atoms with E-state index in [1.54, 1.807) is 0 Å². The maximum absolute atomic E-state index is 13.8. The Balaban J connectivity index is 1.28. The molecule has 0 N–H and O–H groups in total. The number of hydrogen-bond acceptors (Lipinski definition) is 8. The van der Waals surface area contributed by atoms with E-state index in [2.05, 4.69) is 33.8 Å². The third-order valence-electron chi connectivity index (χ3n) is 8.62. The molecule has 5 heterocycles. The van der Waals surface area contributed by atoms with Crippen LogP contribution in [0.25, 0.3) is 5.57 Å². The number of carbonyl (C=O) groups excluding carboxylic acids is 2. The number of carbonyl (C=O) groups is 2. The Morgan fingerprint density at radius 2 is 1.88 bits per heavy atom. The molecule has 2 unspecified atom stereocenters. The van der Waals surface area contributed by atoms with Crippen LogP contribution >= 0.6 is 11.8 Å². The summed E-state index contributed by atoms with van der Waals surface area (Å²) >= 11 is 1.87. The van der Waals surface area contributed by atoms with Crippen LogP contribution in [0.15, 0.2) is 17.1 Å². The minimum atomic E-state index is -0.502. The van der Waals surface area contributed by atoms with E-state index in [1.165, 1.54) is 10.5 Å². The van der Waals surface area contributed by atoms with Gasteiger partial charge in [-0.2, -0.15) is 4.79 Å². The van der Waals surface area contributed by atoms with Gasteiger partial charge in [-0.1, -0.05) is 19.1 Å². The molecule has 0 aromatic carbocycles. The summed E-state index contributed by atoms with van der Waals surface area (Å²) in [5.41, 5.74) is 3.43. The first-order chi connectivity index (χ1) is 19.7. The predicted octanol–water partition coefficient (Wildman–Crippen LogP) is 3.91. The number of fused-ring (bicyclic) bond motifs is 2. The third kappa shape index (κ3) is 5.90. The molecule has 0 radical (unpaired) electrons. The summed E-state index contributed by atoms with van der Waals surface area (Å²) in [6.45, 7) is 14.4. The minimum absolute atomic E-state index is 0.00920. The molecule has 10 nitrogen and oxygen atoms in total. The average Bonchev–Trinajstić information content (AvgIpc) is 3.37. The first-order valence-corrected chi connectivity index (χ1v) is 16.2. The molecule has 0 saturated carbocycles. The number of morpholine rings is 1. The molecule has 4 aliphatic heterocycles. The number of aromatic nitrogens is 2. The van der Waals surface area contributed by atoms with Gasteiger partial charge in [-0.25, -0.2) is 4.79 Å². The lowest BCUT2D eigenvalue weighted by Gasteiger charge is -2.44. The second kappa shape index (κ2) is 11.6. The first-order valence-electron chi connectivity index (χ1n) is 15.2. The van der Waals surface area contributed by atoms with Gasteiger partial charge in [-0.05, 0) is 57.3 Å². The molecule has 5 aliphatic rings. The van der Waals surface area contributed by atoms with Crippen molar-refractivity contribution in [3.63, 3.8) is 0 Å². The zero-order valence-electron chi connectivity index (χ0n) is 24.9. The summed E-state index contributed by atoms with van der Waals surface area (Å²) in [4.78, 5) is 36.3. The van der Waals surface area contributed by atoms with Gasteiger partial charge in [0.25, 0.3) is 5.91 Å². The number of amides is 2. The Labute approximate surface area is 247 Å². The van der Waals surface area contributed by atoms with Crippen molar-refractivity contribution in [1.29, 1.82) is 0 Å². The van der Waals surface area contributed by atoms with Crippen LogP contribution in [0.3, 0.4) is 0 Å². The topological polar surface area (TPSA) is 83.4 Å². The van der Waals surface area contributed by atoms with Crippen LogP contribution in [0.4, 0.5) is 4.79 Å². The smallest absolute Gasteiger partial charge is 0.410 e. The molecule has 3 fully saturated rings. The molecular formula is C30H44N6O4S. The summed E-state index contributed by atoms with van der Waals surface area (Å²) in [5.74, 6) is 1.24. The lowest BCUT2D eigenvalue weighted by Crippen LogP contribution is -2.58. The fourth-order valence-electron chi connectivity index (χ4n) is 6.55. The van der Waals surface area contributed by atoms with Crippen LogP contribution in [0.2, 0.25) is 0 Å². The van der Waals surface area contributed by atoms with Gasteiger partial charge in [0.1, 0.15) is 5.60 Å². The third-order valence-corrected chi connectivity index (χ3v) is 9.99. The number of nitrogens with zero attached hydrogens (tertiary/aromatic N) is 6. The van der Waals surface area contributed by atoms with Gasteiger partial charge in [-0.3, -0.25) is 14.7 Å². The fourth-order valence-corrected chi connectivity index (χ4v) is 7.83. The highest BCUT2D eigenvalue weighted by molar-refractivity contribution is 8.02. The van der Waals surface area contributed by atoms with E-state index >= 15 is 0 Å². The average molecular weight is 585 g/mol. The zero-order chi connectivity index (χ0) is 28.7. The Morgan fingerprint density at radius 3 is 2.66 bits per heavy atom. The molecule has 224 valence electrons. The fraction of sp³-hybridized carbons (Fsp3) is 0.700. The number of allylic oxidation sites excluding steroid dienone is 4. The van der Waals surface area contributed by atoms with Crippen molar-refractivity contribution in [1.82, 2.24) is 24.6 Å². The van der Waals surface area contributed by atoms with E-state index in [9.17, 15) is 9.59 Å². The van der Waals surface area contributed by atoms with Crippen LogP contribution in [-0.4, -0.2) is 107 Å². The van der Waals surface area contributed by atoms with Crippen LogP contribution < -0.4 is 5.01 Å². The summed E-state index contributed by atoms with van der Waals surface area (Å²) in [6.07, 6.45) is 8.33. The van der Waals surface area contributed by atoms with E-state index in [0.29, 0.717) is 51.1 Å². The second-order valence-corrected chi connectivity index (χ2v) is 13.9. The quantitative estimate of drug-likeness (QED) is 0.529. The van der Waals surface area contributed by atoms with Gasteiger partial charge in [0.2, 0.25) is 0 Å². The lowest BCUT2D eigenvalue weighted by molar-refractivity contribution is 0.00835. The molecule has 0 spiro atoms. The molecule has 2 amide bonds. The molecular weight excluding hydrogens is 540 g/mol. The van der Waals surface area contributed by atoms with Crippen molar-refractivity contribution < 1.29 is 19.1 Å². The van der Waals surface area contributed by atoms with Crippen molar-refractivity contribution in [3.8, 4) is 0 Å². The second-order valence-electron chi connectivity index (χ2n) is 12.8. The zero-order valence-corrected chi connectivity index (χ0v) is 25.7. The highest BCUT2D eigenvalue weighted by Crippen LogP contribution is 2.46. The maximum atomic E-state index is 13.8. The van der Waals surface area contributed by atoms with Gasteiger partial charge in [-0.15, -0.1) is 16.9 Å². The number of piperidine rings is 1. The summed E-state index contributed by atoms with van der Waals surface area (Å²) in [7, 11) is 0. The van der Waals surface area contributed by atoms with E-state index in [4.69, 9.17) is 14.6 Å². The molecule has 6 rings (SSSR count). The van der Waals surface area contributed by atoms with Gasteiger partial charge in [0, 0.05) is 62.2 Å². The Hall–Kier alpha value is -2.50. The van der Waals surface area contributed by atoms with Gasteiger partial charge >= 0.3 is 6.09 Å². The van der Waals surface area contributed by atoms with E-state index in [-0.39, 0.29) is 18.0 Å². The highest BCUT2D eigenvalue weighted by atomic mass is 32.2. The molecule has 2 atom stereocenters. The van der Waals surface area contributed by atoms with Crippen molar-refractivity contribution in [2.75, 3.05) is 64.2 Å². The van der Waals surface area contributed by atoms with Gasteiger partial charge < -0.3 is 19.3 Å². The van der Waals surface area contributed by atoms with E-state index in [1.807, 2.05) is 42.3 Å². The molecule has 0 bridgehead atoms. The van der Waals surface area contributed by atoms with Crippen LogP contribution in [0.1, 0.15) is 75.1 Å². The highest BCUT2D eigenvalue weighted by Gasteiger charge is 2.37. The van der Waals surface area contributed by atoms with Crippen molar-refractivity contribution >= 4 is 29.3 Å². The number of hydrogen-bond donors (Lipinski definition) is 0. The van der Waals surface area contributed by atoms with Crippen LogP contribution in [0.5, 0.6) is 0 Å². The minimum Gasteiger partial charge on any atom is -0.444 e. The largest absolute Gasteiger partial charge is 0.444 e.